The third-order valence-electron chi connectivity index (χ3n) is 3.14. The Labute approximate surface area is 132 Å². The van der Waals surface area contributed by atoms with Crippen LogP contribution in [0, 0.1) is 0 Å². The van der Waals surface area contributed by atoms with Crippen molar-refractivity contribution in [2.45, 2.75) is 32.4 Å². The number of rotatable bonds is 5. The molecule has 0 aliphatic rings. The Morgan fingerprint density at radius 1 is 1.45 bits per heavy atom. The van der Waals surface area contributed by atoms with Gasteiger partial charge in [-0.3, -0.25) is 16.0 Å². The minimum absolute atomic E-state index is 0.0345. The summed E-state index contributed by atoms with van der Waals surface area (Å²) in [4.78, 5) is 0. The first-order valence-electron chi connectivity index (χ1n) is 6.46. The van der Waals surface area contributed by atoms with Crippen LogP contribution in [0.2, 0.25) is 5.02 Å². The van der Waals surface area contributed by atoms with Gasteiger partial charge in [0.15, 0.2) is 0 Å². The van der Waals surface area contributed by atoms with E-state index in [2.05, 4.69) is 40.3 Å². The van der Waals surface area contributed by atoms with E-state index in [1.807, 2.05) is 28.9 Å². The Bertz CT molecular complexity index is 582. The SMILES string of the molecule is CC(C)n1ncc(Br)c1C(Cc1cccc(Cl)c1)NN. The van der Waals surface area contributed by atoms with E-state index in [1.165, 1.54) is 0 Å². The molecule has 4 nitrogen and oxygen atoms in total. The molecule has 1 atom stereocenters. The van der Waals surface area contributed by atoms with Crippen LogP contribution < -0.4 is 11.3 Å². The predicted molar refractivity (Wildman–Crippen MR) is 85.5 cm³/mol. The molecule has 6 heteroatoms. The molecule has 3 N–H and O–H groups in total. The van der Waals surface area contributed by atoms with E-state index in [0.29, 0.717) is 0 Å². The van der Waals surface area contributed by atoms with Crippen LogP contribution in [0.5, 0.6) is 0 Å². The number of nitrogens with one attached hydrogen (secondary N) is 1. The number of aromatic nitrogens is 2. The predicted octanol–water partition coefficient (Wildman–Crippen LogP) is 3.63. The van der Waals surface area contributed by atoms with E-state index in [4.69, 9.17) is 17.4 Å². The first-order chi connectivity index (χ1) is 9.52. The molecule has 2 rings (SSSR count). The average molecular weight is 358 g/mol. The molecule has 2 aromatic rings. The zero-order valence-electron chi connectivity index (χ0n) is 11.5. The average Bonchev–Trinajstić information content (AvgIpc) is 2.78. The highest BCUT2D eigenvalue weighted by molar-refractivity contribution is 9.10. The number of hydrogen-bond donors (Lipinski definition) is 2. The fourth-order valence-corrected chi connectivity index (χ4v) is 2.98. The molecule has 1 aromatic carbocycles. The van der Waals surface area contributed by atoms with Gasteiger partial charge in [-0.1, -0.05) is 23.7 Å². The topological polar surface area (TPSA) is 55.9 Å². The second-order valence-electron chi connectivity index (χ2n) is 4.97. The van der Waals surface area contributed by atoms with Gasteiger partial charge in [-0.05, 0) is 53.9 Å². The normalized spacial score (nSPS) is 12.9. The van der Waals surface area contributed by atoms with Crippen molar-refractivity contribution < 1.29 is 0 Å². The maximum atomic E-state index is 6.03. The van der Waals surface area contributed by atoms with Crippen molar-refractivity contribution >= 4 is 27.5 Å². The summed E-state index contributed by atoms with van der Waals surface area (Å²) in [7, 11) is 0. The van der Waals surface area contributed by atoms with Crippen LogP contribution in [0.4, 0.5) is 0 Å². The van der Waals surface area contributed by atoms with Gasteiger partial charge in [0, 0.05) is 11.1 Å². The molecule has 0 aliphatic heterocycles. The van der Waals surface area contributed by atoms with Crippen molar-refractivity contribution in [2.24, 2.45) is 5.84 Å². The number of benzene rings is 1. The van der Waals surface area contributed by atoms with Crippen LogP contribution in [0.15, 0.2) is 34.9 Å². The Morgan fingerprint density at radius 3 is 2.80 bits per heavy atom. The molecular weight excluding hydrogens is 340 g/mol. The van der Waals surface area contributed by atoms with Crippen LogP contribution in [-0.2, 0) is 6.42 Å². The number of nitrogens with two attached hydrogens (primary N) is 1. The second-order valence-corrected chi connectivity index (χ2v) is 6.26. The van der Waals surface area contributed by atoms with Gasteiger partial charge in [0.2, 0.25) is 0 Å². The molecule has 1 aromatic heterocycles. The van der Waals surface area contributed by atoms with Crippen molar-refractivity contribution in [1.82, 2.24) is 15.2 Å². The summed E-state index contributed by atoms with van der Waals surface area (Å²) in [6.45, 7) is 4.19. The largest absolute Gasteiger partial charge is 0.271 e. The van der Waals surface area contributed by atoms with Crippen LogP contribution in [0.25, 0.3) is 0 Å². The summed E-state index contributed by atoms with van der Waals surface area (Å²) in [6, 6.07) is 8.04. The van der Waals surface area contributed by atoms with Crippen molar-refractivity contribution in [3.8, 4) is 0 Å². The fourth-order valence-electron chi connectivity index (χ4n) is 2.22. The van der Waals surface area contributed by atoms with Gasteiger partial charge in [0.25, 0.3) is 0 Å². The maximum Gasteiger partial charge on any atom is 0.0715 e. The minimum atomic E-state index is -0.0345. The lowest BCUT2D eigenvalue weighted by Crippen LogP contribution is -2.32. The summed E-state index contributed by atoms with van der Waals surface area (Å²) in [5.41, 5.74) is 5.05. The van der Waals surface area contributed by atoms with Gasteiger partial charge in [-0.2, -0.15) is 5.10 Å². The summed E-state index contributed by atoms with van der Waals surface area (Å²) in [5, 5.41) is 5.12. The molecule has 0 bridgehead atoms. The van der Waals surface area contributed by atoms with E-state index in [9.17, 15) is 0 Å². The molecule has 0 amide bonds. The minimum Gasteiger partial charge on any atom is -0.271 e. The van der Waals surface area contributed by atoms with Gasteiger partial charge in [0.05, 0.1) is 22.4 Å². The molecule has 1 heterocycles. The lowest BCUT2D eigenvalue weighted by molar-refractivity contribution is 0.446. The highest BCUT2D eigenvalue weighted by Crippen LogP contribution is 2.28. The number of halogens is 2. The van der Waals surface area contributed by atoms with Gasteiger partial charge in [0.1, 0.15) is 0 Å². The molecule has 108 valence electrons. The van der Waals surface area contributed by atoms with Gasteiger partial charge in [-0.15, -0.1) is 0 Å². The van der Waals surface area contributed by atoms with Crippen molar-refractivity contribution in [3.05, 3.63) is 51.2 Å². The Hall–Kier alpha value is -0.880. The van der Waals surface area contributed by atoms with E-state index < -0.39 is 0 Å². The first-order valence-corrected chi connectivity index (χ1v) is 7.63. The monoisotopic (exact) mass is 356 g/mol. The van der Waals surface area contributed by atoms with Gasteiger partial charge >= 0.3 is 0 Å². The lowest BCUT2D eigenvalue weighted by Gasteiger charge is -2.20. The van der Waals surface area contributed by atoms with E-state index in [-0.39, 0.29) is 12.1 Å². The van der Waals surface area contributed by atoms with Crippen LogP contribution in [-0.4, -0.2) is 9.78 Å². The number of hydrogen-bond acceptors (Lipinski definition) is 3. The lowest BCUT2D eigenvalue weighted by atomic mass is 10.0. The molecule has 0 aliphatic carbocycles. The third kappa shape index (κ3) is 3.41. The first kappa shape index (κ1) is 15.5. The fraction of sp³-hybridized carbons (Fsp3) is 0.357. The van der Waals surface area contributed by atoms with E-state index in [0.717, 1.165) is 27.2 Å². The zero-order chi connectivity index (χ0) is 14.7. The van der Waals surface area contributed by atoms with Gasteiger partial charge < -0.3 is 0 Å². The highest BCUT2D eigenvalue weighted by atomic mass is 79.9. The van der Waals surface area contributed by atoms with E-state index in [1.54, 1.807) is 6.20 Å². The van der Waals surface area contributed by atoms with Crippen LogP contribution in [0.3, 0.4) is 0 Å². The maximum absolute atomic E-state index is 6.03. The Kier molecular flexibility index (Phi) is 5.21. The third-order valence-corrected chi connectivity index (χ3v) is 3.98. The molecular formula is C14H18BrClN4. The molecule has 0 fully saturated rings. The molecule has 1 unspecified atom stereocenters. The second kappa shape index (κ2) is 6.72. The summed E-state index contributed by atoms with van der Waals surface area (Å²) < 4.78 is 2.93. The van der Waals surface area contributed by atoms with Crippen LogP contribution in [0.1, 0.15) is 37.2 Å². The summed E-state index contributed by atoms with van der Waals surface area (Å²) in [5.74, 6) is 5.74. The zero-order valence-corrected chi connectivity index (χ0v) is 13.8. The highest BCUT2D eigenvalue weighted by Gasteiger charge is 2.21. The Balaban J connectivity index is 2.31. The molecule has 0 radical (unpaired) electrons. The quantitative estimate of drug-likeness (QED) is 0.634. The number of nitrogens with zero attached hydrogens (tertiary/aromatic N) is 2. The molecule has 0 saturated carbocycles. The summed E-state index contributed by atoms with van der Waals surface area (Å²) >= 11 is 9.58. The summed E-state index contributed by atoms with van der Waals surface area (Å²) in [6.07, 6.45) is 2.55. The molecule has 20 heavy (non-hydrogen) atoms. The molecule has 0 spiro atoms. The van der Waals surface area contributed by atoms with Crippen molar-refractivity contribution in [1.29, 1.82) is 0 Å². The van der Waals surface area contributed by atoms with Crippen molar-refractivity contribution in [3.63, 3.8) is 0 Å². The standard InChI is InChI=1S/C14H18BrClN4/c1-9(2)20-14(12(15)8-18-20)13(19-17)7-10-4-3-5-11(16)6-10/h3-6,8-9,13,19H,7,17H2,1-2H3. The Morgan fingerprint density at radius 2 is 2.20 bits per heavy atom. The number of hydrazine groups is 1. The van der Waals surface area contributed by atoms with Crippen molar-refractivity contribution in [2.75, 3.05) is 0 Å². The van der Waals surface area contributed by atoms with Gasteiger partial charge in [-0.25, -0.2) is 0 Å². The van der Waals surface area contributed by atoms with E-state index >= 15 is 0 Å². The van der Waals surface area contributed by atoms with Crippen LogP contribution >= 0.6 is 27.5 Å². The molecule has 0 saturated heterocycles. The smallest absolute Gasteiger partial charge is 0.0715 e.